The minimum atomic E-state index is -3.73. The topological polar surface area (TPSA) is 55.2 Å². The molecule has 0 saturated heterocycles. The Labute approximate surface area is 127 Å². The quantitative estimate of drug-likeness (QED) is 0.806. The van der Waals surface area contributed by atoms with Crippen molar-refractivity contribution in [3.8, 4) is 0 Å². The molecule has 1 aliphatic heterocycles. The average molecular weight is 330 g/mol. The fourth-order valence-electron chi connectivity index (χ4n) is 2.39. The average Bonchev–Trinajstić information content (AvgIpc) is 3.05. The van der Waals surface area contributed by atoms with Crippen LogP contribution in [-0.4, -0.2) is 30.6 Å². The number of halogens is 2. The number of fused-ring (bicyclic) bond motifs is 1. The molecule has 0 saturated carbocycles. The maximum Gasteiger partial charge on any atom is 0.267 e. The third-order valence-electron chi connectivity index (χ3n) is 3.41. The summed E-state index contributed by atoms with van der Waals surface area (Å²) in [7, 11) is -3.73. The maximum atomic E-state index is 13.4. The molecule has 0 fully saturated rings. The second-order valence-corrected chi connectivity index (χ2v) is 6.97. The fourth-order valence-corrected chi connectivity index (χ4v) is 4.01. The molecule has 8 heteroatoms. The number of benzene rings is 1. The zero-order valence-electron chi connectivity index (χ0n) is 11.0. The predicted octanol–water partition coefficient (Wildman–Crippen LogP) is 2.01. The largest absolute Gasteiger partial charge is 0.270 e. The van der Waals surface area contributed by atoms with Crippen LogP contribution in [0.25, 0.3) is 0 Å². The summed E-state index contributed by atoms with van der Waals surface area (Å²) in [6, 6.07) is 4.22. The Hall–Kier alpha value is -1.60. The predicted molar refractivity (Wildman–Crippen MR) is 77.6 cm³/mol. The Kier molecular flexibility index (Phi) is 3.62. The summed E-state index contributed by atoms with van der Waals surface area (Å²) in [4.78, 5) is 0.0877. The first kappa shape index (κ1) is 14.3. The van der Waals surface area contributed by atoms with Crippen molar-refractivity contribution < 1.29 is 12.8 Å². The Balaban J connectivity index is 1.98. The summed E-state index contributed by atoms with van der Waals surface area (Å²) >= 11 is 5.61. The van der Waals surface area contributed by atoms with Gasteiger partial charge in [0.2, 0.25) is 0 Å². The second-order valence-electron chi connectivity index (χ2n) is 4.73. The molecule has 0 amide bonds. The number of aryl methyl sites for hydroxylation is 1. The number of aromatic nitrogens is 2. The molecule has 0 N–H and O–H groups in total. The zero-order valence-corrected chi connectivity index (χ0v) is 12.6. The van der Waals surface area contributed by atoms with E-state index >= 15 is 0 Å². The van der Waals surface area contributed by atoms with Crippen molar-refractivity contribution in [2.75, 3.05) is 16.7 Å². The lowest BCUT2D eigenvalue weighted by Gasteiger charge is -2.18. The lowest BCUT2D eigenvalue weighted by atomic mass is 10.2. The monoisotopic (exact) mass is 329 g/mol. The molecule has 0 atom stereocenters. The summed E-state index contributed by atoms with van der Waals surface area (Å²) in [5.41, 5.74) is 1.23. The summed E-state index contributed by atoms with van der Waals surface area (Å²) in [5.74, 6) is -0.104. The highest BCUT2D eigenvalue weighted by Gasteiger charge is 2.32. The lowest BCUT2D eigenvalue weighted by molar-refractivity contribution is 0.591. The van der Waals surface area contributed by atoms with Gasteiger partial charge in [-0.2, -0.15) is 5.10 Å². The molecule has 0 spiro atoms. The molecule has 0 unspecified atom stereocenters. The van der Waals surface area contributed by atoms with Gasteiger partial charge in [0.1, 0.15) is 10.7 Å². The molecule has 1 aromatic heterocycles. The first-order valence-corrected chi connectivity index (χ1v) is 8.39. The van der Waals surface area contributed by atoms with Crippen LogP contribution in [0, 0.1) is 5.82 Å². The molecule has 2 aromatic rings. The van der Waals surface area contributed by atoms with Gasteiger partial charge in [0.15, 0.2) is 0 Å². The minimum absolute atomic E-state index is 0.0877. The van der Waals surface area contributed by atoms with Gasteiger partial charge in [-0.05, 0) is 24.1 Å². The van der Waals surface area contributed by atoms with Crippen molar-refractivity contribution in [1.29, 1.82) is 0 Å². The van der Waals surface area contributed by atoms with Crippen molar-refractivity contribution in [3.63, 3.8) is 0 Å². The molecule has 0 aliphatic carbocycles. The normalized spacial score (nSPS) is 14.5. The van der Waals surface area contributed by atoms with E-state index in [9.17, 15) is 12.8 Å². The van der Waals surface area contributed by atoms with Crippen molar-refractivity contribution in [3.05, 3.63) is 42.0 Å². The van der Waals surface area contributed by atoms with E-state index in [1.165, 1.54) is 33.5 Å². The van der Waals surface area contributed by atoms with E-state index in [2.05, 4.69) is 5.10 Å². The Morgan fingerprint density at radius 2 is 2.19 bits per heavy atom. The van der Waals surface area contributed by atoms with Crippen LogP contribution in [0.15, 0.2) is 35.5 Å². The first-order valence-electron chi connectivity index (χ1n) is 6.42. The van der Waals surface area contributed by atoms with Crippen molar-refractivity contribution in [2.24, 2.45) is 0 Å². The van der Waals surface area contributed by atoms with Crippen LogP contribution >= 0.6 is 11.6 Å². The highest BCUT2D eigenvalue weighted by molar-refractivity contribution is 7.92. The Morgan fingerprint density at radius 3 is 2.95 bits per heavy atom. The van der Waals surface area contributed by atoms with E-state index in [1.807, 2.05) is 0 Å². The van der Waals surface area contributed by atoms with E-state index in [4.69, 9.17) is 11.6 Å². The van der Waals surface area contributed by atoms with Crippen LogP contribution in [0.3, 0.4) is 0 Å². The van der Waals surface area contributed by atoms with Gasteiger partial charge in [-0.1, -0.05) is 6.07 Å². The third-order valence-corrected chi connectivity index (χ3v) is 5.35. The van der Waals surface area contributed by atoms with Crippen molar-refractivity contribution in [2.45, 2.75) is 17.9 Å². The molecule has 0 bridgehead atoms. The standard InChI is InChI=1S/C13H13ClFN3O2S/c14-4-6-17-9-12(8-16-17)21(19,20)18-5-3-10-1-2-11(15)7-13(10)18/h1-2,7-9H,3-6H2. The van der Waals surface area contributed by atoms with Gasteiger partial charge in [-0.15, -0.1) is 11.6 Å². The van der Waals surface area contributed by atoms with Crippen LogP contribution < -0.4 is 4.31 Å². The molecule has 112 valence electrons. The van der Waals surface area contributed by atoms with E-state index in [0.717, 1.165) is 5.56 Å². The molecule has 3 rings (SSSR count). The van der Waals surface area contributed by atoms with Gasteiger partial charge < -0.3 is 0 Å². The summed E-state index contributed by atoms with van der Waals surface area (Å²) < 4.78 is 41.4. The van der Waals surface area contributed by atoms with Crippen molar-refractivity contribution in [1.82, 2.24) is 9.78 Å². The van der Waals surface area contributed by atoms with Gasteiger partial charge in [-0.25, -0.2) is 12.8 Å². The van der Waals surface area contributed by atoms with Gasteiger partial charge >= 0.3 is 0 Å². The summed E-state index contributed by atoms with van der Waals surface area (Å²) in [5, 5.41) is 3.97. The zero-order chi connectivity index (χ0) is 15.0. The maximum absolute atomic E-state index is 13.4. The SMILES string of the molecule is O=S(=O)(c1cnn(CCCl)c1)N1CCc2ccc(F)cc21. The van der Waals surface area contributed by atoms with E-state index < -0.39 is 15.8 Å². The Morgan fingerprint density at radius 1 is 1.38 bits per heavy atom. The highest BCUT2D eigenvalue weighted by Crippen LogP contribution is 2.33. The number of anilines is 1. The smallest absolute Gasteiger partial charge is 0.267 e. The highest BCUT2D eigenvalue weighted by atomic mass is 35.5. The van der Waals surface area contributed by atoms with Crippen LogP contribution in [-0.2, 0) is 23.0 Å². The van der Waals surface area contributed by atoms with Crippen LogP contribution in [0.1, 0.15) is 5.56 Å². The molecule has 21 heavy (non-hydrogen) atoms. The van der Waals surface area contributed by atoms with Crippen LogP contribution in [0.2, 0.25) is 0 Å². The number of alkyl halides is 1. The van der Waals surface area contributed by atoms with Gasteiger partial charge in [0.05, 0.1) is 18.4 Å². The number of sulfonamides is 1. The van der Waals surface area contributed by atoms with E-state index in [-0.39, 0.29) is 4.90 Å². The lowest BCUT2D eigenvalue weighted by Crippen LogP contribution is -2.28. The molecule has 5 nitrogen and oxygen atoms in total. The molecular weight excluding hydrogens is 317 g/mol. The van der Waals surface area contributed by atoms with Gasteiger partial charge in [-0.3, -0.25) is 8.99 Å². The number of hydrogen-bond donors (Lipinski definition) is 0. The third kappa shape index (κ3) is 2.51. The molecule has 0 radical (unpaired) electrons. The minimum Gasteiger partial charge on any atom is -0.270 e. The number of rotatable bonds is 4. The first-order chi connectivity index (χ1) is 10.0. The number of hydrogen-bond acceptors (Lipinski definition) is 3. The van der Waals surface area contributed by atoms with Crippen LogP contribution in [0.5, 0.6) is 0 Å². The summed E-state index contributed by atoms with van der Waals surface area (Å²) in [6.45, 7) is 0.740. The fraction of sp³-hybridized carbons (Fsp3) is 0.308. The van der Waals surface area contributed by atoms with Gasteiger partial charge in [0.25, 0.3) is 10.0 Å². The number of nitrogens with zero attached hydrogens (tertiary/aromatic N) is 3. The molecule has 1 aliphatic rings. The van der Waals surface area contributed by atoms with E-state index in [0.29, 0.717) is 31.1 Å². The van der Waals surface area contributed by atoms with Gasteiger partial charge in [0, 0.05) is 18.6 Å². The Bertz CT molecular complexity index is 775. The van der Waals surface area contributed by atoms with Crippen molar-refractivity contribution >= 4 is 27.3 Å². The van der Waals surface area contributed by atoms with Crippen LogP contribution in [0.4, 0.5) is 10.1 Å². The molecule has 2 heterocycles. The molecule has 1 aromatic carbocycles. The molecular formula is C13H13ClFN3O2S. The second kappa shape index (κ2) is 5.31. The van der Waals surface area contributed by atoms with E-state index in [1.54, 1.807) is 6.07 Å². The summed E-state index contributed by atoms with van der Waals surface area (Å²) in [6.07, 6.45) is 3.30.